The lowest BCUT2D eigenvalue weighted by atomic mass is 10.1. The number of hydrogen-bond donors (Lipinski definition) is 1. The topological polar surface area (TPSA) is 46.4 Å². The van der Waals surface area contributed by atoms with E-state index in [4.69, 9.17) is 11.6 Å². The van der Waals surface area contributed by atoms with Crippen molar-refractivity contribution >= 4 is 46.2 Å². The van der Waals surface area contributed by atoms with Crippen LogP contribution in [0.15, 0.2) is 52.4 Å². The molecule has 0 radical (unpaired) electrons. The van der Waals surface area contributed by atoms with Crippen LogP contribution >= 0.6 is 23.4 Å². The van der Waals surface area contributed by atoms with E-state index in [-0.39, 0.29) is 5.91 Å². The SMILES string of the molecule is Cc1ccc(-n2c(C)cc(/C=C3\SC(=Nc4cc(Cl)ccc4C)NC3=O)c2C)cc1C. The summed E-state index contributed by atoms with van der Waals surface area (Å²) in [7, 11) is 0. The van der Waals surface area contributed by atoms with Gasteiger partial charge in [0.05, 0.1) is 10.6 Å². The number of aryl methyl sites for hydroxylation is 4. The molecular formula is C25H24ClN3OS. The van der Waals surface area contributed by atoms with Crippen LogP contribution in [0.25, 0.3) is 11.8 Å². The molecule has 31 heavy (non-hydrogen) atoms. The van der Waals surface area contributed by atoms with E-state index in [2.05, 4.69) is 66.8 Å². The van der Waals surface area contributed by atoms with Gasteiger partial charge in [-0.1, -0.05) is 23.7 Å². The normalized spacial score (nSPS) is 16.4. The number of rotatable bonds is 3. The molecule has 1 aliphatic rings. The molecule has 1 aliphatic heterocycles. The van der Waals surface area contributed by atoms with Crippen LogP contribution in [-0.2, 0) is 4.79 Å². The Bertz CT molecular complexity index is 1270. The number of aliphatic imine (C=N–C) groups is 1. The molecule has 1 aromatic heterocycles. The van der Waals surface area contributed by atoms with Crippen LogP contribution < -0.4 is 5.32 Å². The third-order valence-corrected chi connectivity index (χ3v) is 6.69. The molecule has 0 atom stereocenters. The summed E-state index contributed by atoms with van der Waals surface area (Å²) in [5.41, 5.74) is 8.66. The lowest BCUT2D eigenvalue weighted by molar-refractivity contribution is -0.115. The molecule has 0 aliphatic carbocycles. The van der Waals surface area contributed by atoms with Crippen LogP contribution in [0.2, 0.25) is 5.02 Å². The second kappa shape index (κ2) is 8.40. The number of nitrogens with zero attached hydrogens (tertiary/aromatic N) is 2. The maximum atomic E-state index is 12.6. The maximum absolute atomic E-state index is 12.6. The van der Waals surface area contributed by atoms with E-state index in [0.717, 1.165) is 33.9 Å². The van der Waals surface area contributed by atoms with Crippen molar-refractivity contribution in [1.82, 2.24) is 9.88 Å². The van der Waals surface area contributed by atoms with Crippen molar-refractivity contribution in [2.75, 3.05) is 0 Å². The third-order valence-electron chi connectivity index (χ3n) is 5.55. The van der Waals surface area contributed by atoms with Crippen LogP contribution in [0, 0.1) is 34.6 Å². The Kier molecular flexibility index (Phi) is 5.82. The van der Waals surface area contributed by atoms with E-state index >= 15 is 0 Å². The number of aromatic nitrogens is 1. The molecule has 4 nitrogen and oxygen atoms in total. The number of hydrogen-bond acceptors (Lipinski definition) is 3. The fourth-order valence-electron chi connectivity index (χ4n) is 3.63. The number of thioether (sulfide) groups is 1. The number of nitrogens with one attached hydrogen (secondary N) is 1. The van der Waals surface area contributed by atoms with Gasteiger partial charge in [0, 0.05) is 22.1 Å². The summed E-state index contributed by atoms with van der Waals surface area (Å²) in [5.74, 6) is -0.139. The second-order valence-electron chi connectivity index (χ2n) is 7.84. The molecule has 2 aromatic carbocycles. The van der Waals surface area contributed by atoms with E-state index in [0.29, 0.717) is 15.1 Å². The van der Waals surface area contributed by atoms with Gasteiger partial charge in [0.1, 0.15) is 0 Å². The van der Waals surface area contributed by atoms with Crippen LogP contribution in [0.4, 0.5) is 5.69 Å². The number of benzene rings is 2. The second-order valence-corrected chi connectivity index (χ2v) is 9.31. The number of amides is 1. The summed E-state index contributed by atoms with van der Waals surface area (Å²) in [6.45, 7) is 10.4. The van der Waals surface area contributed by atoms with Gasteiger partial charge in [0.15, 0.2) is 5.17 Å². The fraction of sp³-hybridized carbons (Fsp3) is 0.200. The lowest BCUT2D eigenvalue weighted by Gasteiger charge is -2.11. The summed E-state index contributed by atoms with van der Waals surface area (Å²) in [6, 6.07) is 14.1. The Balaban J connectivity index is 1.66. The highest BCUT2D eigenvalue weighted by atomic mass is 35.5. The maximum Gasteiger partial charge on any atom is 0.264 e. The molecule has 4 rings (SSSR count). The minimum atomic E-state index is -0.139. The van der Waals surface area contributed by atoms with Crippen molar-refractivity contribution in [2.24, 2.45) is 4.99 Å². The number of carbonyl (C=O) groups excluding carboxylic acids is 1. The van der Waals surface area contributed by atoms with Gasteiger partial charge in [0.2, 0.25) is 0 Å². The van der Waals surface area contributed by atoms with Crippen molar-refractivity contribution in [2.45, 2.75) is 34.6 Å². The Hall–Kier alpha value is -2.76. The zero-order chi connectivity index (χ0) is 22.3. The van der Waals surface area contributed by atoms with Gasteiger partial charge in [0.25, 0.3) is 5.91 Å². The molecule has 0 unspecified atom stereocenters. The number of halogens is 1. The summed E-state index contributed by atoms with van der Waals surface area (Å²) in [6.07, 6.45) is 1.94. The molecule has 0 spiro atoms. The van der Waals surface area contributed by atoms with E-state index in [1.165, 1.54) is 22.9 Å². The highest BCUT2D eigenvalue weighted by molar-refractivity contribution is 8.18. The summed E-state index contributed by atoms with van der Waals surface area (Å²) in [4.78, 5) is 17.8. The minimum absolute atomic E-state index is 0.139. The van der Waals surface area contributed by atoms with Gasteiger partial charge in [-0.15, -0.1) is 0 Å². The van der Waals surface area contributed by atoms with E-state index in [1.54, 1.807) is 6.07 Å². The van der Waals surface area contributed by atoms with E-state index in [1.807, 2.05) is 25.1 Å². The first-order valence-corrected chi connectivity index (χ1v) is 11.2. The first-order valence-electron chi connectivity index (χ1n) is 10.1. The van der Waals surface area contributed by atoms with Crippen molar-refractivity contribution in [3.05, 3.63) is 86.0 Å². The van der Waals surface area contributed by atoms with Gasteiger partial charge in [-0.25, -0.2) is 4.99 Å². The van der Waals surface area contributed by atoms with Gasteiger partial charge in [-0.2, -0.15) is 0 Å². The highest BCUT2D eigenvalue weighted by Crippen LogP contribution is 2.32. The molecule has 1 saturated heterocycles. The summed E-state index contributed by atoms with van der Waals surface area (Å²) in [5, 5.41) is 4.04. The van der Waals surface area contributed by atoms with Crippen LogP contribution in [-0.4, -0.2) is 15.6 Å². The van der Waals surface area contributed by atoms with Crippen LogP contribution in [0.3, 0.4) is 0 Å². The van der Waals surface area contributed by atoms with Gasteiger partial charge < -0.3 is 9.88 Å². The third kappa shape index (κ3) is 4.34. The Labute approximate surface area is 192 Å². The van der Waals surface area contributed by atoms with Crippen molar-refractivity contribution in [3.8, 4) is 5.69 Å². The van der Waals surface area contributed by atoms with E-state index in [9.17, 15) is 4.79 Å². The highest BCUT2D eigenvalue weighted by Gasteiger charge is 2.25. The first-order chi connectivity index (χ1) is 14.7. The molecule has 3 aromatic rings. The lowest BCUT2D eigenvalue weighted by Crippen LogP contribution is -2.19. The molecule has 1 N–H and O–H groups in total. The number of amidine groups is 1. The first kappa shape index (κ1) is 21.5. The van der Waals surface area contributed by atoms with Gasteiger partial charge in [-0.3, -0.25) is 4.79 Å². The largest absolute Gasteiger partial charge is 0.318 e. The Morgan fingerprint density at radius 2 is 1.71 bits per heavy atom. The zero-order valence-electron chi connectivity index (χ0n) is 18.2. The standard InChI is InChI=1S/C25H24ClN3OS/c1-14-7-9-21(10-16(14)3)29-17(4)11-19(18(29)5)12-23-24(30)28-25(31-23)27-22-13-20(26)8-6-15(22)2/h6-13H,1-5H3,(H,27,28,30)/b23-12-. The van der Waals surface area contributed by atoms with Gasteiger partial charge >= 0.3 is 0 Å². The van der Waals surface area contributed by atoms with Crippen molar-refractivity contribution < 1.29 is 4.79 Å². The summed E-state index contributed by atoms with van der Waals surface area (Å²) < 4.78 is 2.22. The predicted molar refractivity (Wildman–Crippen MR) is 132 cm³/mol. The van der Waals surface area contributed by atoms with E-state index < -0.39 is 0 Å². The predicted octanol–water partition coefficient (Wildman–Crippen LogP) is 6.56. The van der Waals surface area contributed by atoms with Crippen LogP contribution in [0.1, 0.15) is 33.6 Å². The molecule has 1 amide bonds. The Morgan fingerprint density at radius 1 is 0.968 bits per heavy atom. The summed E-state index contributed by atoms with van der Waals surface area (Å²) >= 11 is 7.44. The average molecular weight is 450 g/mol. The molecule has 2 heterocycles. The molecular weight excluding hydrogens is 426 g/mol. The number of carbonyl (C=O) groups is 1. The van der Waals surface area contributed by atoms with Gasteiger partial charge in [-0.05, 0) is 105 Å². The van der Waals surface area contributed by atoms with Crippen molar-refractivity contribution in [3.63, 3.8) is 0 Å². The average Bonchev–Trinajstić information content (AvgIpc) is 3.19. The Morgan fingerprint density at radius 3 is 2.45 bits per heavy atom. The molecule has 6 heteroatoms. The van der Waals surface area contributed by atoms with Crippen LogP contribution in [0.5, 0.6) is 0 Å². The van der Waals surface area contributed by atoms with Crippen molar-refractivity contribution in [1.29, 1.82) is 0 Å². The monoisotopic (exact) mass is 449 g/mol. The minimum Gasteiger partial charge on any atom is -0.318 e. The fourth-order valence-corrected chi connectivity index (χ4v) is 4.62. The molecule has 158 valence electrons. The molecule has 0 saturated carbocycles. The quantitative estimate of drug-likeness (QED) is 0.460. The molecule has 1 fully saturated rings. The smallest absolute Gasteiger partial charge is 0.264 e. The zero-order valence-corrected chi connectivity index (χ0v) is 19.8. The molecule has 0 bridgehead atoms.